The Morgan fingerprint density at radius 1 is 0.538 bits per heavy atom. The van der Waals surface area contributed by atoms with Crippen molar-refractivity contribution in [3.8, 4) is 0 Å². The van der Waals surface area contributed by atoms with Gasteiger partial charge in [-0.3, -0.25) is 0 Å². The largest absolute Gasteiger partial charge is 2.00 e. The van der Waals surface area contributed by atoms with Crippen LogP contribution in [0.1, 0.15) is 0 Å². The normalized spacial score (nSPS) is 9.08. The minimum Gasteiger partial charge on any atom is 2.00 e. The van der Waals surface area contributed by atoms with Crippen LogP contribution in [0.4, 0.5) is 0 Å². The molecule has 0 rings (SSSR count). The first-order chi connectivity index (χ1) is 4.00. The Balaban J connectivity index is -0.0000000267. The van der Waals surface area contributed by atoms with Crippen molar-refractivity contribution in [2.24, 2.45) is 0 Å². The molecule has 0 bridgehead atoms. The average Bonchev–Trinajstić information content (AvgIpc) is 1.12. The zero-order chi connectivity index (χ0) is 9.00. The summed E-state index contributed by atoms with van der Waals surface area (Å²) in [5.41, 5.74) is 0. The van der Waals surface area contributed by atoms with Gasteiger partial charge in [0, 0.05) is 0 Å². The van der Waals surface area contributed by atoms with Crippen LogP contribution >= 0.6 is 0 Å². The van der Waals surface area contributed by atoms with E-state index in [0.29, 0.717) is 0 Å². The molecule has 0 heterocycles. The molecule has 0 atom stereocenters. The monoisotopic (exact) mass is 446 g/mol. The van der Waals surface area contributed by atoms with Crippen LogP contribution in [0.25, 0.3) is 0 Å². The number of rotatable bonds is 0. The summed E-state index contributed by atoms with van der Waals surface area (Å²) >= 11 is -11.8. The van der Waals surface area contributed by atoms with E-state index in [2.05, 4.69) is 0 Å². The van der Waals surface area contributed by atoms with E-state index in [-0.39, 0.29) is 51.2 Å². The topological polar surface area (TPSA) is 172 Å². The fourth-order valence-electron chi connectivity index (χ4n) is 0. The van der Waals surface area contributed by atoms with Gasteiger partial charge in [-0.2, -0.15) is 0 Å². The van der Waals surface area contributed by atoms with Gasteiger partial charge in [-0.15, -0.1) is 0 Å². The summed E-state index contributed by atoms with van der Waals surface area (Å²) < 4.78 is 68.9. The summed E-state index contributed by atoms with van der Waals surface area (Å²) in [5.74, 6) is 0. The molecule has 0 aliphatic rings. The number of hydrogen-bond donors (Lipinski definition) is 0. The van der Waals surface area contributed by atoms with Crippen LogP contribution in [0.3, 0.4) is 0 Å². The van der Waals surface area contributed by atoms with Gasteiger partial charge in [-0.25, -0.2) is 0 Å². The molecule has 0 aliphatic heterocycles. The first kappa shape index (κ1) is 29.4. The standard InChI is InChI=1S/2AsH3O4.3Fe/c2*2-1(3,4)5;;;/h2*(H3,2,3,4,5);;;/q;;3*+2/p-6. The minimum absolute atomic E-state index is 0. The predicted molar refractivity (Wildman–Crippen MR) is 12.9 cm³/mol. The molecule has 82 valence electrons. The van der Waals surface area contributed by atoms with Crippen LogP contribution in [0.2, 0.25) is 0 Å². The molecular formula is As2Fe3O8. The second kappa shape index (κ2) is 12.1. The van der Waals surface area contributed by atoms with Crippen LogP contribution in [0.15, 0.2) is 0 Å². The molecule has 13 heteroatoms. The maximum absolute atomic E-state index is 8.61. The van der Waals surface area contributed by atoms with E-state index in [1.807, 2.05) is 0 Å². The molecule has 0 radical (unpaired) electrons. The van der Waals surface area contributed by atoms with Gasteiger partial charge in [0.1, 0.15) is 0 Å². The van der Waals surface area contributed by atoms with Crippen LogP contribution in [0, 0.1) is 0 Å². The van der Waals surface area contributed by atoms with E-state index in [4.69, 9.17) is 32.1 Å². The van der Waals surface area contributed by atoms with Gasteiger partial charge in [-0.05, 0) is 0 Å². The second-order valence-corrected chi connectivity index (χ2v) is 4.65. The van der Waals surface area contributed by atoms with Crippen molar-refractivity contribution in [2.75, 3.05) is 0 Å². The summed E-state index contributed by atoms with van der Waals surface area (Å²) in [6.45, 7) is 0. The van der Waals surface area contributed by atoms with Gasteiger partial charge in [0.25, 0.3) is 0 Å². The van der Waals surface area contributed by atoms with Crippen LogP contribution < -0.4 is 24.6 Å². The molecule has 0 aromatic heterocycles. The Morgan fingerprint density at radius 2 is 0.538 bits per heavy atom. The van der Waals surface area contributed by atoms with Crippen molar-refractivity contribution in [1.82, 2.24) is 0 Å². The van der Waals surface area contributed by atoms with Crippen molar-refractivity contribution in [1.29, 1.82) is 0 Å². The maximum atomic E-state index is 8.61. The van der Waals surface area contributed by atoms with Gasteiger partial charge in [-0.1, -0.05) is 0 Å². The molecule has 0 fully saturated rings. The van der Waals surface area contributed by atoms with Crippen LogP contribution in [0.5, 0.6) is 0 Å². The van der Waals surface area contributed by atoms with Gasteiger partial charge >= 0.3 is 112 Å². The van der Waals surface area contributed by atoms with E-state index in [1.54, 1.807) is 0 Å². The van der Waals surface area contributed by atoms with E-state index < -0.39 is 29.0 Å². The summed E-state index contributed by atoms with van der Waals surface area (Å²) in [6.07, 6.45) is 0. The third kappa shape index (κ3) is 491. The molecular weight excluding hydrogens is 445 g/mol. The average molecular weight is 445 g/mol. The molecule has 0 amide bonds. The van der Waals surface area contributed by atoms with Gasteiger partial charge in [0.05, 0.1) is 0 Å². The molecule has 8 nitrogen and oxygen atoms in total. The quantitative estimate of drug-likeness (QED) is 0.331. The summed E-state index contributed by atoms with van der Waals surface area (Å²) in [7, 11) is 0. The van der Waals surface area contributed by atoms with Crippen LogP contribution in [-0.4, -0.2) is 29.0 Å². The maximum Gasteiger partial charge on any atom is 2.00 e. The Hall–Kier alpha value is 2.04. The molecule has 0 aromatic rings. The number of hydrogen-bond acceptors (Lipinski definition) is 8. The van der Waals surface area contributed by atoms with Crippen molar-refractivity contribution < 1.29 is 83.3 Å². The van der Waals surface area contributed by atoms with E-state index in [9.17, 15) is 0 Å². The van der Waals surface area contributed by atoms with Crippen molar-refractivity contribution >= 4 is 29.0 Å². The summed E-state index contributed by atoms with van der Waals surface area (Å²) in [5, 5.41) is 0. The Morgan fingerprint density at radius 3 is 0.538 bits per heavy atom. The molecule has 0 unspecified atom stereocenters. The smallest absolute Gasteiger partial charge is 2.00 e. The van der Waals surface area contributed by atoms with Crippen molar-refractivity contribution in [2.45, 2.75) is 0 Å². The molecule has 13 heavy (non-hydrogen) atoms. The van der Waals surface area contributed by atoms with Gasteiger partial charge < -0.3 is 0 Å². The predicted octanol–water partition coefficient (Wildman–Crippen LogP) is -8.14. The second-order valence-electron chi connectivity index (χ2n) is 0.894. The van der Waals surface area contributed by atoms with E-state index in [0.717, 1.165) is 0 Å². The molecule has 0 aromatic carbocycles. The fourth-order valence-corrected chi connectivity index (χ4v) is 0. The first-order valence-corrected chi connectivity index (χ1v) is 7.59. The Kier molecular flexibility index (Phi) is 27.4. The Labute approximate surface area is 111 Å². The Bertz CT molecular complexity index is 130. The first-order valence-electron chi connectivity index (χ1n) is 1.46. The SMILES string of the molecule is O=[As]([O-])([O-])[O-].O=[As]([O-])([O-])[O-].[Fe+2].[Fe+2].[Fe+2]. The zero-order valence-electron chi connectivity index (χ0n) is 5.22. The minimum atomic E-state index is -5.88. The third-order valence-corrected chi connectivity index (χ3v) is 0. The summed E-state index contributed by atoms with van der Waals surface area (Å²) in [4.78, 5) is 0. The molecule has 0 aliphatic carbocycles. The fraction of sp³-hybridized carbons (Fsp3) is 0. The zero-order valence-corrected chi connectivity index (χ0v) is 12.3. The van der Waals surface area contributed by atoms with Gasteiger partial charge in [0.15, 0.2) is 0 Å². The van der Waals surface area contributed by atoms with E-state index >= 15 is 0 Å². The van der Waals surface area contributed by atoms with Crippen molar-refractivity contribution in [3.05, 3.63) is 0 Å². The molecule has 0 N–H and O–H groups in total. The van der Waals surface area contributed by atoms with E-state index in [1.165, 1.54) is 0 Å². The van der Waals surface area contributed by atoms with Crippen LogP contribution in [-0.2, 0) is 58.7 Å². The van der Waals surface area contributed by atoms with Gasteiger partial charge in [0.2, 0.25) is 0 Å². The molecule has 0 saturated heterocycles. The molecule has 0 saturated carbocycles. The van der Waals surface area contributed by atoms with Crippen molar-refractivity contribution in [3.63, 3.8) is 0 Å². The summed E-state index contributed by atoms with van der Waals surface area (Å²) in [6, 6.07) is 0. The molecule has 0 spiro atoms. The third-order valence-electron chi connectivity index (χ3n) is 0.